The fourth-order valence-corrected chi connectivity index (χ4v) is 2.52. The van der Waals surface area contributed by atoms with Gasteiger partial charge in [-0.15, -0.1) is 0 Å². The molecule has 2 aromatic rings. The van der Waals surface area contributed by atoms with E-state index in [1.54, 1.807) is 0 Å². The molecule has 0 amide bonds. The van der Waals surface area contributed by atoms with Crippen molar-refractivity contribution in [1.29, 1.82) is 0 Å². The number of aromatic nitrogens is 1. The molecule has 0 radical (unpaired) electrons. The van der Waals surface area contributed by atoms with Gasteiger partial charge in [0.1, 0.15) is 0 Å². The fraction of sp³-hybridized carbons (Fsp3) is 0.500. The summed E-state index contributed by atoms with van der Waals surface area (Å²) < 4.78 is 2.39. The van der Waals surface area contributed by atoms with Crippen molar-refractivity contribution in [2.24, 2.45) is 0 Å². The molecule has 2 rings (SSSR count). The predicted molar refractivity (Wildman–Crippen MR) is 79.3 cm³/mol. The van der Waals surface area contributed by atoms with E-state index in [-0.39, 0.29) is 0 Å². The van der Waals surface area contributed by atoms with E-state index in [4.69, 9.17) is 0 Å². The van der Waals surface area contributed by atoms with Crippen LogP contribution in [0.2, 0.25) is 0 Å². The number of rotatable bonds is 5. The molecular formula is C16H24N2. The highest BCUT2D eigenvalue weighted by molar-refractivity contribution is 5.84. The summed E-state index contributed by atoms with van der Waals surface area (Å²) in [4.78, 5) is 0. The Morgan fingerprint density at radius 2 is 2.06 bits per heavy atom. The molecule has 0 saturated carbocycles. The van der Waals surface area contributed by atoms with Gasteiger partial charge in [0.05, 0.1) is 0 Å². The fourth-order valence-electron chi connectivity index (χ4n) is 2.52. The smallest absolute Gasteiger partial charge is 0.0485 e. The van der Waals surface area contributed by atoms with Crippen LogP contribution in [0.15, 0.2) is 24.4 Å². The van der Waals surface area contributed by atoms with Crippen LogP contribution in [0.25, 0.3) is 10.9 Å². The second-order valence-electron chi connectivity index (χ2n) is 5.38. The maximum absolute atomic E-state index is 3.22. The topological polar surface area (TPSA) is 17.0 Å². The minimum absolute atomic E-state index is 0.522. The number of hydrogen-bond donors (Lipinski definition) is 1. The zero-order valence-electron chi connectivity index (χ0n) is 12.0. The average molecular weight is 244 g/mol. The molecule has 0 bridgehead atoms. The number of nitrogens with one attached hydrogen (secondary N) is 1. The van der Waals surface area contributed by atoms with Gasteiger partial charge < -0.3 is 9.88 Å². The highest BCUT2D eigenvalue weighted by Gasteiger charge is 2.10. The monoisotopic (exact) mass is 244 g/mol. The summed E-state index contributed by atoms with van der Waals surface area (Å²) in [6.45, 7) is 7.75. The van der Waals surface area contributed by atoms with E-state index >= 15 is 0 Å². The third-order valence-electron chi connectivity index (χ3n) is 3.50. The third kappa shape index (κ3) is 2.59. The molecule has 18 heavy (non-hydrogen) atoms. The van der Waals surface area contributed by atoms with Crippen molar-refractivity contribution < 1.29 is 0 Å². The number of fused-ring (bicyclic) bond motifs is 1. The van der Waals surface area contributed by atoms with Crippen molar-refractivity contribution in [3.05, 3.63) is 35.5 Å². The Hall–Kier alpha value is -1.28. The molecule has 0 spiro atoms. The van der Waals surface area contributed by atoms with E-state index < -0.39 is 0 Å². The predicted octanol–water partition coefficient (Wildman–Crippen LogP) is 3.68. The molecule has 0 aliphatic rings. The molecular weight excluding hydrogens is 220 g/mol. The lowest BCUT2D eigenvalue weighted by atomic mass is 10.1. The van der Waals surface area contributed by atoms with Crippen molar-refractivity contribution in [1.82, 2.24) is 9.88 Å². The van der Waals surface area contributed by atoms with E-state index in [9.17, 15) is 0 Å². The van der Waals surface area contributed by atoms with Crippen LogP contribution in [0.3, 0.4) is 0 Å². The van der Waals surface area contributed by atoms with Gasteiger partial charge in [-0.25, -0.2) is 0 Å². The summed E-state index contributed by atoms with van der Waals surface area (Å²) in [5, 5.41) is 4.65. The first-order chi connectivity index (χ1) is 8.63. The van der Waals surface area contributed by atoms with Gasteiger partial charge in [-0.1, -0.05) is 11.6 Å². The van der Waals surface area contributed by atoms with Gasteiger partial charge in [-0.05, 0) is 64.9 Å². The Morgan fingerprint density at radius 3 is 2.72 bits per heavy atom. The first-order valence-electron chi connectivity index (χ1n) is 6.88. The molecule has 1 aromatic heterocycles. The van der Waals surface area contributed by atoms with E-state index in [2.05, 4.69) is 55.1 Å². The van der Waals surface area contributed by atoms with Crippen molar-refractivity contribution in [2.75, 3.05) is 13.6 Å². The normalized spacial score (nSPS) is 11.6. The Bertz CT molecular complexity index is 523. The van der Waals surface area contributed by atoms with Crippen LogP contribution in [0.1, 0.15) is 37.4 Å². The summed E-state index contributed by atoms with van der Waals surface area (Å²) in [7, 11) is 2.02. The standard InChI is InChI=1S/C16H24N2/c1-12(2)18-11-14(6-5-9-17-4)15-10-13(3)7-8-16(15)18/h7-8,10-12,17H,5-6,9H2,1-4H3. The van der Waals surface area contributed by atoms with Crippen molar-refractivity contribution in [3.63, 3.8) is 0 Å². The van der Waals surface area contributed by atoms with Crippen LogP contribution in [0, 0.1) is 6.92 Å². The third-order valence-corrected chi connectivity index (χ3v) is 3.50. The zero-order chi connectivity index (χ0) is 13.1. The zero-order valence-corrected chi connectivity index (χ0v) is 12.0. The Kier molecular flexibility index (Phi) is 4.07. The van der Waals surface area contributed by atoms with Gasteiger partial charge in [0.2, 0.25) is 0 Å². The van der Waals surface area contributed by atoms with E-state index in [0.717, 1.165) is 13.0 Å². The van der Waals surface area contributed by atoms with Gasteiger partial charge in [-0.2, -0.15) is 0 Å². The number of aryl methyl sites for hydroxylation is 2. The minimum Gasteiger partial charge on any atom is -0.345 e. The van der Waals surface area contributed by atoms with Gasteiger partial charge >= 0.3 is 0 Å². The van der Waals surface area contributed by atoms with Crippen LogP contribution in [0.4, 0.5) is 0 Å². The Morgan fingerprint density at radius 1 is 1.28 bits per heavy atom. The lowest BCUT2D eigenvalue weighted by Gasteiger charge is -2.08. The molecule has 0 aliphatic carbocycles. The lowest BCUT2D eigenvalue weighted by molar-refractivity contribution is 0.619. The minimum atomic E-state index is 0.522. The SMILES string of the molecule is CNCCCc1cn(C(C)C)c2ccc(C)cc12. The van der Waals surface area contributed by atoms with Crippen LogP contribution in [0.5, 0.6) is 0 Å². The molecule has 0 aliphatic heterocycles. The van der Waals surface area contributed by atoms with Gasteiger partial charge in [-0.3, -0.25) is 0 Å². The lowest BCUT2D eigenvalue weighted by Crippen LogP contribution is -2.08. The summed E-state index contributed by atoms with van der Waals surface area (Å²) in [6.07, 6.45) is 4.69. The summed E-state index contributed by atoms with van der Waals surface area (Å²) in [6, 6.07) is 7.31. The maximum atomic E-state index is 3.22. The second-order valence-corrected chi connectivity index (χ2v) is 5.38. The Labute approximate surface area is 110 Å². The van der Waals surface area contributed by atoms with Gasteiger partial charge in [0.15, 0.2) is 0 Å². The first-order valence-corrected chi connectivity index (χ1v) is 6.88. The van der Waals surface area contributed by atoms with Gasteiger partial charge in [0, 0.05) is 23.1 Å². The van der Waals surface area contributed by atoms with Crippen LogP contribution in [-0.4, -0.2) is 18.2 Å². The maximum Gasteiger partial charge on any atom is 0.0485 e. The highest BCUT2D eigenvalue weighted by Crippen LogP contribution is 2.26. The molecule has 1 aromatic carbocycles. The Balaban J connectivity index is 2.41. The van der Waals surface area contributed by atoms with E-state index in [1.807, 2.05) is 7.05 Å². The van der Waals surface area contributed by atoms with E-state index in [1.165, 1.54) is 28.5 Å². The molecule has 1 heterocycles. The van der Waals surface area contributed by atoms with Crippen molar-refractivity contribution in [2.45, 2.75) is 39.7 Å². The van der Waals surface area contributed by atoms with Crippen LogP contribution in [-0.2, 0) is 6.42 Å². The quantitative estimate of drug-likeness (QED) is 0.794. The number of hydrogen-bond acceptors (Lipinski definition) is 1. The summed E-state index contributed by atoms with van der Waals surface area (Å²) in [5.41, 5.74) is 4.20. The molecule has 0 atom stereocenters. The van der Waals surface area contributed by atoms with Gasteiger partial charge in [0.25, 0.3) is 0 Å². The molecule has 2 nitrogen and oxygen atoms in total. The first kappa shape index (κ1) is 13.2. The number of benzene rings is 1. The van der Waals surface area contributed by atoms with E-state index in [0.29, 0.717) is 6.04 Å². The largest absolute Gasteiger partial charge is 0.345 e. The van der Waals surface area contributed by atoms with Crippen molar-refractivity contribution >= 4 is 10.9 Å². The molecule has 0 fully saturated rings. The van der Waals surface area contributed by atoms with Crippen LogP contribution < -0.4 is 5.32 Å². The molecule has 1 N–H and O–H groups in total. The van der Waals surface area contributed by atoms with Crippen molar-refractivity contribution in [3.8, 4) is 0 Å². The summed E-state index contributed by atoms with van der Waals surface area (Å²) in [5.74, 6) is 0. The average Bonchev–Trinajstić information content (AvgIpc) is 2.68. The number of nitrogens with zero attached hydrogens (tertiary/aromatic N) is 1. The molecule has 0 saturated heterocycles. The molecule has 98 valence electrons. The molecule has 2 heteroatoms. The second kappa shape index (κ2) is 5.57. The molecule has 0 unspecified atom stereocenters. The highest BCUT2D eigenvalue weighted by atomic mass is 15.0. The van der Waals surface area contributed by atoms with Crippen LogP contribution >= 0.6 is 0 Å². The summed E-state index contributed by atoms with van der Waals surface area (Å²) >= 11 is 0.